The molecular weight excluding hydrogens is 281 g/mol. The first kappa shape index (κ1) is 10.8. The molecule has 6 heteroatoms. The smallest absolute Gasteiger partial charge is 0.357 e. The molecule has 0 unspecified atom stereocenters. The van der Waals surface area contributed by atoms with Gasteiger partial charge < -0.3 is 9.52 Å². The van der Waals surface area contributed by atoms with Crippen molar-refractivity contribution in [1.29, 1.82) is 0 Å². The average Bonchev–Trinajstić information content (AvgIpc) is 2.71. The number of carboxylic acid groups (broad SMARTS) is 1. The van der Waals surface area contributed by atoms with E-state index in [0.29, 0.717) is 5.56 Å². The molecule has 1 aromatic carbocycles. The predicted molar refractivity (Wildman–Crippen MR) is 56.6 cm³/mol. The summed E-state index contributed by atoms with van der Waals surface area (Å²) in [5, 5.41) is 8.65. The van der Waals surface area contributed by atoms with Crippen LogP contribution in [0.2, 0.25) is 0 Å². The lowest BCUT2D eigenvalue weighted by atomic mass is 10.2. The van der Waals surface area contributed by atoms with Crippen molar-refractivity contribution < 1.29 is 18.7 Å². The standard InChI is InChI=1S/C10H5BrFNO3/c11-6-3-5(1-2-7(6)12)9-13-8(4-16-9)10(14)15/h1-4H,(H,14,15). The molecule has 1 aromatic heterocycles. The van der Waals surface area contributed by atoms with Crippen LogP contribution in [-0.4, -0.2) is 16.1 Å². The minimum Gasteiger partial charge on any atom is -0.476 e. The second kappa shape index (κ2) is 4.05. The molecule has 2 rings (SSSR count). The third-order valence-corrected chi connectivity index (χ3v) is 2.50. The molecule has 0 radical (unpaired) electrons. The van der Waals surface area contributed by atoms with Gasteiger partial charge in [0.2, 0.25) is 5.89 Å². The Morgan fingerprint density at radius 1 is 1.50 bits per heavy atom. The lowest BCUT2D eigenvalue weighted by Gasteiger charge is -1.97. The molecule has 0 saturated heterocycles. The number of carbonyl (C=O) groups is 1. The van der Waals surface area contributed by atoms with Gasteiger partial charge in [-0.1, -0.05) is 0 Å². The molecule has 1 N–H and O–H groups in total. The van der Waals surface area contributed by atoms with Gasteiger partial charge in [-0.2, -0.15) is 0 Å². The van der Waals surface area contributed by atoms with E-state index >= 15 is 0 Å². The van der Waals surface area contributed by atoms with E-state index < -0.39 is 11.8 Å². The lowest BCUT2D eigenvalue weighted by Crippen LogP contribution is -1.95. The average molecular weight is 286 g/mol. The molecule has 0 spiro atoms. The van der Waals surface area contributed by atoms with Gasteiger partial charge in [0.15, 0.2) is 5.69 Å². The molecule has 82 valence electrons. The maximum Gasteiger partial charge on any atom is 0.357 e. The summed E-state index contributed by atoms with van der Waals surface area (Å²) < 4.78 is 18.2. The van der Waals surface area contributed by atoms with Crippen LogP contribution in [0.3, 0.4) is 0 Å². The third kappa shape index (κ3) is 1.96. The quantitative estimate of drug-likeness (QED) is 0.921. The van der Waals surface area contributed by atoms with E-state index in [1.807, 2.05) is 0 Å². The Balaban J connectivity index is 2.42. The Bertz CT molecular complexity index is 553. The fraction of sp³-hybridized carbons (Fsp3) is 0. The monoisotopic (exact) mass is 285 g/mol. The number of rotatable bonds is 2. The van der Waals surface area contributed by atoms with Crippen LogP contribution in [0.25, 0.3) is 11.5 Å². The highest BCUT2D eigenvalue weighted by molar-refractivity contribution is 9.10. The molecule has 2 aromatic rings. The zero-order chi connectivity index (χ0) is 11.7. The van der Waals surface area contributed by atoms with Crippen molar-refractivity contribution in [2.24, 2.45) is 0 Å². The summed E-state index contributed by atoms with van der Waals surface area (Å²) in [5.74, 6) is -1.44. The fourth-order valence-electron chi connectivity index (χ4n) is 1.13. The van der Waals surface area contributed by atoms with E-state index in [1.165, 1.54) is 18.2 Å². The van der Waals surface area contributed by atoms with Crippen LogP contribution in [0.15, 0.2) is 33.4 Å². The Kier molecular flexibility index (Phi) is 2.74. The summed E-state index contributed by atoms with van der Waals surface area (Å²) in [4.78, 5) is 14.3. The molecule has 0 amide bonds. The third-order valence-electron chi connectivity index (χ3n) is 1.89. The van der Waals surface area contributed by atoms with Crippen LogP contribution in [0, 0.1) is 5.82 Å². The number of nitrogens with zero attached hydrogens (tertiary/aromatic N) is 1. The minimum absolute atomic E-state index is 0.137. The van der Waals surface area contributed by atoms with Gasteiger partial charge in [0.05, 0.1) is 4.47 Å². The SMILES string of the molecule is O=C(O)c1coc(-c2ccc(F)c(Br)c2)n1. The highest BCUT2D eigenvalue weighted by Crippen LogP contribution is 2.24. The molecule has 16 heavy (non-hydrogen) atoms. The van der Waals surface area contributed by atoms with E-state index in [-0.39, 0.29) is 16.1 Å². The van der Waals surface area contributed by atoms with Gasteiger partial charge in [0.1, 0.15) is 12.1 Å². The number of halogens is 2. The Morgan fingerprint density at radius 2 is 2.25 bits per heavy atom. The lowest BCUT2D eigenvalue weighted by molar-refractivity contribution is 0.0690. The topological polar surface area (TPSA) is 63.3 Å². The number of benzene rings is 1. The maximum absolute atomic E-state index is 13.0. The molecule has 1 heterocycles. The summed E-state index contributed by atoms with van der Waals surface area (Å²) in [7, 11) is 0. The van der Waals surface area contributed by atoms with Gasteiger partial charge in [-0.05, 0) is 34.1 Å². The highest BCUT2D eigenvalue weighted by Gasteiger charge is 2.12. The number of oxazole rings is 1. The van der Waals surface area contributed by atoms with Crippen LogP contribution in [0.4, 0.5) is 4.39 Å². The summed E-state index contributed by atoms with van der Waals surface area (Å²) in [6.45, 7) is 0. The zero-order valence-corrected chi connectivity index (χ0v) is 9.36. The first-order valence-corrected chi connectivity index (χ1v) is 5.01. The molecule has 0 bridgehead atoms. The second-order valence-electron chi connectivity index (χ2n) is 2.97. The molecule has 0 aliphatic rings. The summed E-state index contributed by atoms with van der Waals surface area (Å²) in [6.07, 6.45) is 1.04. The molecule has 0 saturated carbocycles. The van der Waals surface area contributed by atoms with Crippen LogP contribution < -0.4 is 0 Å². The highest BCUT2D eigenvalue weighted by atomic mass is 79.9. The first-order valence-electron chi connectivity index (χ1n) is 4.22. The minimum atomic E-state index is -1.17. The van der Waals surface area contributed by atoms with Crippen molar-refractivity contribution in [2.75, 3.05) is 0 Å². The van der Waals surface area contributed by atoms with E-state index in [4.69, 9.17) is 9.52 Å². The van der Waals surface area contributed by atoms with Gasteiger partial charge in [-0.25, -0.2) is 14.2 Å². The van der Waals surface area contributed by atoms with Gasteiger partial charge >= 0.3 is 5.97 Å². The maximum atomic E-state index is 13.0. The van der Waals surface area contributed by atoms with Gasteiger partial charge in [0, 0.05) is 5.56 Å². The molecule has 0 fully saturated rings. The molecular formula is C10H5BrFNO3. The van der Waals surface area contributed by atoms with Crippen molar-refractivity contribution in [2.45, 2.75) is 0 Å². The van der Waals surface area contributed by atoms with Crippen molar-refractivity contribution in [3.63, 3.8) is 0 Å². The second-order valence-corrected chi connectivity index (χ2v) is 3.83. The predicted octanol–water partition coefficient (Wildman–Crippen LogP) is 2.94. The van der Waals surface area contributed by atoms with Crippen molar-refractivity contribution in [1.82, 2.24) is 4.98 Å². The van der Waals surface area contributed by atoms with Crippen LogP contribution >= 0.6 is 15.9 Å². The number of hydrogen-bond donors (Lipinski definition) is 1. The van der Waals surface area contributed by atoms with E-state index in [2.05, 4.69) is 20.9 Å². The van der Waals surface area contributed by atoms with Gasteiger partial charge in [-0.3, -0.25) is 0 Å². The first-order chi connectivity index (χ1) is 7.58. The Hall–Kier alpha value is -1.69. The van der Waals surface area contributed by atoms with Crippen molar-refractivity contribution in [3.05, 3.63) is 40.4 Å². The normalized spacial score (nSPS) is 10.4. The van der Waals surface area contributed by atoms with Gasteiger partial charge in [0.25, 0.3) is 0 Å². The van der Waals surface area contributed by atoms with Crippen LogP contribution in [0.5, 0.6) is 0 Å². The molecule has 0 atom stereocenters. The van der Waals surface area contributed by atoms with E-state index in [0.717, 1.165) is 6.26 Å². The number of carboxylic acids is 1. The molecule has 4 nitrogen and oxygen atoms in total. The van der Waals surface area contributed by atoms with E-state index in [1.54, 1.807) is 0 Å². The molecule has 0 aliphatic carbocycles. The Labute approximate surface area is 97.9 Å². The van der Waals surface area contributed by atoms with Crippen LogP contribution in [-0.2, 0) is 0 Å². The van der Waals surface area contributed by atoms with Crippen LogP contribution in [0.1, 0.15) is 10.5 Å². The van der Waals surface area contributed by atoms with E-state index in [9.17, 15) is 9.18 Å². The number of hydrogen-bond acceptors (Lipinski definition) is 3. The number of aromatic nitrogens is 1. The van der Waals surface area contributed by atoms with Crippen molar-refractivity contribution in [3.8, 4) is 11.5 Å². The Morgan fingerprint density at radius 3 is 2.81 bits per heavy atom. The summed E-state index contributed by atoms with van der Waals surface area (Å²) in [6, 6.07) is 4.16. The molecule has 0 aliphatic heterocycles. The zero-order valence-electron chi connectivity index (χ0n) is 7.78. The summed E-state index contributed by atoms with van der Waals surface area (Å²) >= 11 is 3.02. The largest absolute Gasteiger partial charge is 0.476 e. The van der Waals surface area contributed by atoms with Crippen molar-refractivity contribution >= 4 is 21.9 Å². The number of aromatic carboxylic acids is 1. The summed E-state index contributed by atoms with van der Waals surface area (Å²) in [5.41, 5.74) is 0.316. The fourth-order valence-corrected chi connectivity index (χ4v) is 1.51. The van der Waals surface area contributed by atoms with Gasteiger partial charge in [-0.15, -0.1) is 0 Å².